The van der Waals surface area contributed by atoms with Crippen LogP contribution >= 0.6 is 11.3 Å². The Balaban J connectivity index is 2.02. The standard InChI is InChI=1S/C10H12N6S/c1-6-7-8(16(3)14-6)12-10(17-7)13-9-11-4-5-15(9)2/h4-5H,1-3H3,(H,11,12,13). The molecule has 3 heterocycles. The van der Waals surface area contributed by atoms with Gasteiger partial charge >= 0.3 is 0 Å². The molecule has 17 heavy (non-hydrogen) atoms. The Morgan fingerprint density at radius 2 is 2.18 bits per heavy atom. The van der Waals surface area contributed by atoms with Crippen LogP contribution in [-0.2, 0) is 14.1 Å². The summed E-state index contributed by atoms with van der Waals surface area (Å²) in [6.45, 7) is 1.99. The molecule has 0 amide bonds. The summed E-state index contributed by atoms with van der Waals surface area (Å²) < 4.78 is 4.83. The lowest BCUT2D eigenvalue weighted by atomic mass is 10.5. The van der Waals surface area contributed by atoms with E-state index in [0.717, 1.165) is 27.1 Å². The largest absolute Gasteiger partial charge is 0.320 e. The molecule has 6 nitrogen and oxygen atoms in total. The van der Waals surface area contributed by atoms with Crippen molar-refractivity contribution in [2.24, 2.45) is 14.1 Å². The molecule has 0 saturated heterocycles. The summed E-state index contributed by atoms with van der Waals surface area (Å²) in [7, 11) is 3.84. The summed E-state index contributed by atoms with van der Waals surface area (Å²) in [5.74, 6) is 0.787. The number of fused-ring (bicyclic) bond motifs is 1. The number of thiazole rings is 1. The number of aryl methyl sites for hydroxylation is 3. The van der Waals surface area contributed by atoms with Crippen molar-refractivity contribution in [2.45, 2.75) is 6.92 Å². The van der Waals surface area contributed by atoms with E-state index in [-0.39, 0.29) is 0 Å². The zero-order valence-electron chi connectivity index (χ0n) is 9.80. The maximum Gasteiger partial charge on any atom is 0.208 e. The van der Waals surface area contributed by atoms with Gasteiger partial charge in [-0.3, -0.25) is 0 Å². The summed E-state index contributed by atoms with van der Waals surface area (Å²) in [6.07, 6.45) is 3.64. The van der Waals surface area contributed by atoms with E-state index in [2.05, 4.69) is 20.4 Å². The van der Waals surface area contributed by atoms with Crippen LogP contribution in [0.3, 0.4) is 0 Å². The van der Waals surface area contributed by atoms with Crippen LogP contribution in [0.25, 0.3) is 10.3 Å². The first-order chi connectivity index (χ1) is 8.15. The summed E-state index contributed by atoms with van der Waals surface area (Å²) >= 11 is 1.59. The van der Waals surface area contributed by atoms with Gasteiger partial charge in [0.2, 0.25) is 5.95 Å². The fourth-order valence-corrected chi connectivity index (χ4v) is 2.65. The second-order valence-corrected chi connectivity index (χ2v) is 4.87. The van der Waals surface area contributed by atoms with Crippen LogP contribution in [0, 0.1) is 6.92 Å². The van der Waals surface area contributed by atoms with E-state index in [4.69, 9.17) is 0 Å². The van der Waals surface area contributed by atoms with Crippen LogP contribution < -0.4 is 5.32 Å². The van der Waals surface area contributed by atoms with Crippen molar-refractivity contribution < 1.29 is 0 Å². The third-order valence-corrected chi connectivity index (χ3v) is 3.65. The first-order valence-corrected chi connectivity index (χ1v) is 6.01. The summed E-state index contributed by atoms with van der Waals surface area (Å²) in [5.41, 5.74) is 1.91. The van der Waals surface area contributed by atoms with Crippen molar-refractivity contribution in [3.63, 3.8) is 0 Å². The molecule has 0 saturated carbocycles. The molecule has 3 aromatic rings. The average molecular weight is 248 g/mol. The summed E-state index contributed by atoms with van der Waals surface area (Å²) in [4.78, 5) is 8.71. The smallest absolute Gasteiger partial charge is 0.208 e. The molecule has 0 aliphatic heterocycles. The Morgan fingerprint density at radius 1 is 1.35 bits per heavy atom. The molecular weight excluding hydrogens is 236 g/mol. The van der Waals surface area contributed by atoms with Gasteiger partial charge in [0.25, 0.3) is 0 Å². The van der Waals surface area contributed by atoms with Crippen molar-refractivity contribution >= 4 is 32.8 Å². The van der Waals surface area contributed by atoms with Gasteiger partial charge in [0.1, 0.15) is 0 Å². The Kier molecular flexibility index (Phi) is 2.15. The molecule has 7 heteroatoms. The van der Waals surface area contributed by atoms with Crippen molar-refractivity contribution in [1.82, 2.24) is 24.3 Å². The fraction of sp³-hybridized carbons (Fsp3) is 0.300. The highest BCUT2D eigenvalue weighted by Crippen LogP contribution is 2.29. The lowest BCUT2D eigenvalue weighted by molar-refractivity contribution is 0.774. The molecule has 0 aliphatic rings. The van der Waals surface area contributed by atoms with E-state index >= 15 is 0 Å². The van der Waals surface area contributed by atoms with Crippen molar-refractivity contribution in [3.8, 4) is 0 Å². The highest BCUT2D eigenvalue weighted by Gasteiger charge is 2.12. The predicted octanol–water partition coefficient (Wildman–Crippen LogP) is 1.82. The zero-order chi connectivity index (χ0) is 12.0. The number of nitrogens with zero attached hydrogens (tertiary/aromatic N) is 5. The zero-order valence-corrected chi connectivity index (χ0v) is 10.6. The first kappa shape index (κ1) is 10.3. The second-order valence-electron chi connectivity index (χ2n) is 3.87. The number of aromatic nitrogens is 5. The lowest BCUT2D eigenvalue weighted by Crippen LogP contribution is -1.98. The van der Waals surface area contributed by atoms with Crippen LogP contribution in [0.2, 0.25) is 0 Å². The third kappa shape index (κ3) is 1.59. The van der Waals surface area contributed by atoms with E-state index in [9.17, 15) is 0 Å². The highest BCUT2D eigenvalue weighted by atomic mass is 32.1. The summed E-state index contributed by atoms with van der Waals surface area (Å²) in [6, 6.07) is 0. The molecule has 0 unspecified atom stereocenters. The minimum absolute atomic E-state index is 0.787. The molecule has 0 radical (unpaired) electrons. The molecular formula is C10H12N6S. The normalized spacial score (nSPS) is 11.2. The van der Waals surface area contributed by atoms with Gasteiger partial charge in [-0.1, -0.05) is 11.3 Å². The molecule has 0 spiro atoms. The van der Waals surface area contributed by atoms with Crippen LogP contribution in [-0.4, -0.2) is 24.3 Å². The van der Waals surface area contributed by atoms with Crippen LogP contribution in [0.5, 0.6) is 0 Å². The Bertz CT molecular complexity index is 642. The van der Waals surface area contributed by atoms with E-state index in [0.29, 0.717) is 0 Å². The highest BCUT2D eigenvalue weighted by molar-refractivity contribution is 7.22. The maximum absolute atomic E-state index is 4.50. The Morgan fingerprint density at radius 3 is 2.82 bits per heavy atom. The third-order valence-electron chi connectivity index (χ3n) is 2.58. The number of rotatable bonds is 2. The summed E-state index contributed by atoms with van der Waals surface area (Å²) in [5, 5.41) is 8.36. The molecule has 0 atom stereocenters. The van der Waals surface area contributed by atoms with E-state index in [1.54, 1.807) is 22.2 Å². The quantitative estimate of drug-likeness (QED) is 0.751. The van der Waals surface area contributed by atoms with Gasteiger partial charge in [-0.15, -0.1) is 0 Å². The Hall–Kier alpha value is -1.89. The van der Waals surface area contributed by atoms with Gasteiger partial charge in [0.05, 0.1) is 10.4 Å². The molecule has 0 aliphatic carbocycles. The second kappa shape index (κ2) is 3.56. The van der Waals surface area contributed by atoms with Gasteiger partial charge in [0, 0.05) is 26.5 Å². The van der Waals surface area contributed by atoms with Crippen LogP contribution in [0.1, 0.15) is 5.69 Å². The predicted molar refractivity (Wildman–Crippen MR) is 67.6 cm³/mol. The van der Waals surface area contributed by atoms with Gasteiger partial charge in [-0.25, -0.2) is 9.67 Å². The maximum atomic E-state index is 4.50. The SMILES string of the molecule is Cc1nn(C)c2nc(Nc3nccn3C)sc12. The molecule has 3 rings (SSSR count). The lowest BCUT2D eigenvalue weighted by Gasteiger charge is -2.00. The minimum Gasteiger partial charge on any atom is -0.320 e. The van der Waals surface area contributed by atoms with Gasteiger partial charge < -0.3 is 9.88 Å². The van der Waals surface area contributed by atoms with Crippen molar-refractivity contribution in [2.75, 3.05) is 5.32 Å². The van der Waals surface area contributed by atoms with Crippen molar-refractivity contribution in [1.29, 1.82) is 0 Å². The number of imidazole rings is 1. The molecule has 88 valence electrons. The van der Waals surface area contributed by atoms with E-state index in [1.807, 2.05) is 31.8 Å². The minimum atomic E-state index is 0.787. The molecule has 0 aromatic carbocycles. The van der Waals surface area contributed by atoms with Gasteiger partial charge in [0.15, 0.2) is 10.8 Å². The topological polar surface area (TPSA) is 60.6 Å². The number of hydrogen-bond acceptors (Lipinski definition) is 5. The first-order valence-electron chi connectivity index (χ1n) is 5.19. The monoisotopic (exact) mass is 248 g/mol. The van der Waals surface area contributed by atoms with Crippen molar-refractivity contribution in [3.05, 3.63) is 18.1 Å². The van der Waals surface area contributed by atoms with Crippen LogP contribution in [0.15, 0.2) is 12.4 Å². The average Bonchev–Trinajstić information content (AvgIpc) is 2.91. The fourth-order valence-electron chi connectivity index (χ4n) is 1.72. The number of nitrogens with one attached hydrogen (secondary N) is 1. The van der Waals surface area contributed by atoms with E-state index in [1.165, 1.54) is 0 Å². The van der Waals surface area contributed by atoms with E-state index < -0.39 is 0 Å². The Labute approximate surface area is 102 Å². The molecule has 1 N–H and O–H groups in total. The molecule has 0 bridgehead atoms. The number of hydrogen-bond donors (Lipinski definition) is 1. The van der Waals surface area contributed by atoms with Gasteiger partial charge in [-0.2, -0.15) is 10.1 Å². The van der Waals surface area contributed by atoms with Crippen LogP contribution in [0.4, 0.5) is 11.1 Å². The van der Waals surface area contributed by atoms with Gasteiger partial charge in [-0.05, 0) is 6.92 Å². The molecule has 0 fully saturated rings. The molecule has 3 aromatic heterocycles. The number of anilines is 2.